The molecule has 52 valence electrons. The summed E-state index contributed by atoms with van der Waals surface area (Å²) in [6.07, 6.45) is 0.961. The zero-order valence-electron chi connectivity index (χ0n) is 5.33. The molecule has 3 heteroatoms. The molecule has 0 fully saturated rings. The molecule has 0 bridgehead atoms. The second kappa shape index (κ2) is 2.18. The van der Waals surface area contributed by atoms with Crippen LogP contribution in [0.25, 0.3) is 0 Å². The van der Waals surface area contributed by atoms with Gasteiger partial charge in [-0.3, -0.25) is 5.32 Å². The Hall–Kier alpha value is -0.670. The number of carbonyl (C=O) groups is 1. The molecule has 2 heterocycles. The molecule has 1 aliphatic rings. The first-order valence-electron chi connectivity index (χ1n) is 3.17. The highest BCUT2D eigenvalue weighted by Gasteiger charge is 2.21. The summed E-state index contributed by atoms with van der Waals surface area (Å²) in [4.78, 5) is 11.6. The lowest BCUT2D eigenvalue weighted by molar-refractivity contribution is -0.109. The van der Waals surface area contributed by atoms with E-state index in [0.717, 1.165) is 12.8 Å². The maximum Gasteiger partial charge on any atom is 0.142 e. The van der Waals surface area contributed by atoms with Crippen LogP contribution in [-0.4, -0.2) is 6.29 Å². The molecule has 2 rings (SSSR count). The highest BCUT2D eigenvalue weighted by atomic mass is 32.1. The lowest BCUT2D eigenvalue weighted by Crippen LogP contribution is -2.12. The molecule has 0 aliphatic carbocycles. The van der Waals surface area contributed by atoms with Crippen LogP contribution < -0.4 is 5.32 Å². The quantitative estimate of drug-likeness (QED) is 0.612. The van der Waals surface area contributed by atoms with Crippen LogP contribution in [-0.2, 0) is 11.3 Å². The Morgan fingerprint density at radius 1 is 1.80 bits per heavy atom. The van der Waals surface area contributed by atoms with Gasteiger partial charge in [0, 0.05) is 11.4 Å². The SMILES string of the molecule is O=CC1NCc2ccsc21. The van der Waals surface area contributed by atoms with Crippen LogP contribution in [0.4, 0.5) is 0 Å². The van der Waals surface area contributed by atoms with E-state index in [1.54, 1.807) is 11.3 Å². The predicted molar refractivity (Wildman–Crippen MR) is 40.0 cm³/mol. The monoisotopic (exact) mass is 153 g/mol. The summed E-state index contributed by atoms with van der Waals surface area (Å²) in [6, 6.07) is 2.03. The second-order valence-electron chi connectivity index (χ2n) is 2.30. The van der Waals surface area contributed by atoms with E-state index >= 15 is 0 Å². The summed E-state index contributed by atoms with van der Waals surface area (Å²) >= 11 is 1.65. The van der Waals surface area contributed by atoms with E-state index in [4.69, 9.17) is 0 Å². The average molecular weight is 153 g/mol. The van der Waals surface area contributed by atoms with Gasteiger partial charge in [0.25, 0.3) is 0 Å². The smallest absolute Gasteiger partial charge is 0.142 e. The van der Waals surface area contributed by atoms with E-state index in [-0.39, 0.29) is 6.04 Å². The van der Waals surface area contributed by atoms with Crippen molar-refractivity contribution in [1.29, 1.82) is 0 Å². The van der Waals surface area contributed by atoms with Crippen LogP contribution >= 0.6 is 11.3 Å². The number of hydrogen-bond acceptors (Lipinski definition) is 3. The fourth-order valence-corrected chi connectivity index (χ4v) is 2.14. The van der Waals surface area contributed by atoms with Crippen molar-refractivity contribution in [3.63, 3.8) is 0 Å². The van der Waals surface area contributed by atoms with E-state index < -0.39 is 0 Å². The van der Waals surface area contributed by atoms with Crippen molar-refractivity contribution in [3.05, 3.63) is 21.9 Å². The molecule has 1 N–H and O–H groups in total. The van der Waals surface area contributed by atoms with E-state index in [1.165, 1.54) is 10.4 Å². The zero-order chi connectivity index (χ0) is 6.97. The fraction of sp³-hybridized carbons (Fsp3) is 0.286. The van der Waals surface area contributed by atoms with Crippen LogP contribution in [0.5, 0.6) is 0 Å². The third-order valence-electron chi connectivity index (χ3n) is 1.71. The normalized spacial score (nSPS) is 22.6. The van der Waals surface area contributed by atoms with E-state index in [2.05, 4.69) is 11.4 Å². The number of carbonyl (C=O) groups excluding carboxylic acids is 1. The van der Waals surface area contributed by atoms with Crippen LogP contribution in [0, 0.1) is 0 Å². The largest absolute Gasteiger partial charge is 0.301 e. The summed E-state index contributed by atoms with van der Waals surface area (Å²) in [5, 5.41) is 5.12. The van der Waals surface area contributed by atoms with Gasteiger partial charge >= 0.3 is 0 Å². The molecule has 0 radical (unpaired) electrons. The molecule has 1 aliphatic heterocycles. The molecule has 1 aromatic heterocycles. The minimum Gasteiger partial charge on any atom is -0.301 e. The number of thiophene rings is 1. The molecule has 10 heavy (non-hydrogen) atoms. The van der Waals surface area contributed by atoms with Crippen LogP contribution in [0.2, 0.25) is 0 Å². The van der Waals surface area contributed by atoms with Gasteiger partial charge in [-0.1, -0.05) is 0 Å². The van der Waals surface area contributed by atoms with E-state index in [9.17, 15) is 4.79 Å². The molecular formula is C7H7NOS. The summed E-state index contributed by atoms with van der Waals surface area (Å²) in [5.41, 5.74) is 1.28. The Kier molecular flexibility index (Phi) is 1.32. The summed E-state index contributed by atoms with van der Waals surface area (Å²) in [7, 11) is 0. The Bertz CT molecular complexity index is 256. The first kappa shape index (κ1) is 6.07. The van der Waals surface area contributed by atoms with Gasteiger partial charge in [-0.25, -0.2) is 0 Å². The lowest BCUT2D eigenvalue weighted by Gasteiger charge is -1.97. The van der Waals surface area contributed by atoms with Gasteiger partial charge < -0.3 is 4.79 Å². The van der Waals surface area contributed by atoms with Crippen molar-refractivity contribution in [1.82, 2.24) is 5.32 Å². The lowest BCUT2D eigenvalue weighted by atomic mass is 10.2. The van der Waals surface area contributed by atoms with Crippen molar-refractivity contribution in [3.8, 4) is 0 Å². The minimum atomic E-state index is -0.0324. The van der Waals surface area contributed by atoms with Gasteiger partial charge in [0.15, 0.2) is 0 Å². The number of nitrogens with one attached hydrogen (secondary N) is 1. The van der Waals surface area contributed by atoms with Gasteiger partial charge in [0.2, 0.25) is 0 Å². The summed E-state index contributed by atoms with van der Waals surface area (Å²) < 4.78 is 0. The Morgan fingerprint density at radius 2 is 2.70 bits per heavy atom. The number of aldehydes is 1. The summed E-state index contributed by atoms with van der Waals surface area (Å²) in [5.74, 6) is 0. The Labute approximate surface area is 62.9 Å². The van der Waals surface area contributed by atoms with Crippen molar-refractivity contribution in [2.24, 2.45) is 0 Å². The predicted octanol–water partition coefficient (Wildman–Crippen LogP) is 1.09. The Balaban J connectivity index is 2.43. The molecule has 1 aromatic rings. The van der Waals surface area contributed by atoms with Gasteiger partial charge in [-0.2, -0.15) is 0 Å². The van der Waals surface area contributed by atoms with Gasteiger partial charge in [-0.05, 0) is 17.0 Å². The molecule has 1 atom stereocenters. The molecule has 1 unspecified atom stereocenters. The molecule has 0 spiro atoms. The van der Waals surface area contributed by atoms with E-state index in [1.807, 2.05) is 5.38 Å². The highest BCUT2D eigenvalue weighted by molar-refractivity contribution is 7.10. The second-order valence-corrected chi connectivity index (χ2v) is 3.25. The van der Waals surface area contributed by atoms with Crippen molar-refractivity contribution in [2.45, 2.75) is 12.6 Å². The third kappa shape index (κ3) is 0.711. The molecule has 0 saturated heterocycles. The minimum absolute atomic E-state index is 0.0324. The summed E-state index contributed by atoms with van der Waals surface area (Å²) in [6.45, 7) is 0.849. The van der Waals surface area contributed by atoms with E-state index in [0.29, 0.717) is 0 Å². The number of rotatable bonds is 1. The van der Waals surface area contributed by atoms with Crippen LogP contribution in [0.1, 0.15) is 16.5 Å². The maximum absolute atomic E-state index is 10.4. The van der Waals surface area contributed by atoms with Crippen LogP contribution in [0.3, 0.4) is 0 Å². The van der Waals surface area contributed by atoms with Gasteiger partial charge in [0.1, 0.15) is 6.29 Å². The molecule has 0 aromatic carbocycles. The fourth-order valence-electron chi connectivity index (χ4n) is 1.19. The van der Waals surface area contributed by atoms with Crippen LogP contribution in [0.15, 0.2) is 11.4 Å². The topological polar surface area (TPSA) is 29.1 Å². The molecule has 0 amide bonds. The van der Waals surface area contributed by atoms with Crippen molar-refractivity contribution < 1.29 is 4.79 Å². The standard InChI is InChI=1S/C7H7NOS/c9-4-6-7-5(3-8-6)1-2-10-7/h1-2,4,6,8H,3H2. The molecule has 2 nitrogen and oxygen atoms in total. The third-order valence-corrected chi connectivity index (χ3v) is 2.75. The van der Waals surface area contributed by atoms with Crippen molar-refractivity contribution in [2.75, 3.05) is 0 Å². The van der Waals surface area contributed by atoms with Gasteiger partial charge in [0.05, 0.1) is 6.04 Å². The average Bonchev–Trinajstić information content (AvgIpc) is 2.44. The maximum atomic E-state index is 10.4. The number of hydrogen-bond donors (Lipinski definition) is 1. The first-order chi connectivity index (χ1) is 4.92. The highest BCUT2D eigenvalue weighted by Crippen LogP contribution is 2.28. The number of fused-ring (bicyclic) bond motifs is 1. The zero-order valence-corrected chi connectivity index (χ0v) is 6.15. The van der Waals surface area contributed by atoms with Gasteiger partial charge in [-0.15, -0.1) is 11.3 Å². The van der Waals surface area contributed by atoms with Crippen molar-refractivity contribution >= 4 is 17.6 Å². The molecular weight excluding hydrogens is 146 g/mol. The Morgan fingerprint density at radius 3 is 3.50 bits per heavy atom. The first-order valence-corrected chi connectivity index (χ1v) is 4.04. The molecule has 0 saturated carbocycles.